The molecule has 2 heterocycles. The van der Waals surface area contributed by atoms with Gasteiger partial charge < -0.3 is 5.73 Å². The first-order valence-corrected chi connectivity index (χ1v) is 7.40. The summed E-state index contributed by atoms with van der Waals surface area (Å²) in [6, 6.07) is 16.3. The molecule has 1 aliphatic heterocycles. The van der Waals surface area contributed by atoms with E-state index in [0.717, 1.165) is 27.0 Å². The Morgan fingerprint density at radius 3 is 2.67 bits per heavy atom. The summed E-state index contributed by atoms with van der Waals surface area (Å²) < 4.78 is 3.16. The molecule has 1 aliphatic rings. The number of rotatable bonds is 1. The van der Waals surface area contributed by atoms with Gasteiger partial charge in [0.05, 0.1) is 0 Å². The van der Waals surface area contributed by atoms with Crippen LogP contribution in [0.15, 0.2) is 58.0 Å². The summed E-state index contributed by atoms with van der Waals surface area (Å²) in [7, 11) is 0. The average molecular weight is 343 g/mol. The highest BCUT2D eigenvalue weighted by atomic mass is 79.9. The van der Waals surface area contributed by atoms with E-state index in [1.807, 2.05) is 30.3 Å². The fraction of sp³-hybridized carbons (Fsp3) is 0.0667. The molecule has 0 saturated heterocycles. The molecule has 4 rings (SSSR count). The van der Waals surface area contributed by atoms with Gasteiger partial charge in [-0.3, -0.25) is 0 Å². The lowest BCUT2D eigenvalue weighted by atomic mass is 10.1. The molecule has 21 heavy (non-hydrogen) atoms. The maximum Gasteiger partial charge on any atom is 0.365 e. The second kappa shape index (κ2) is 4.60. The van der Waals surface area contributed by atoms with Crippen LogP contribution in [0.3, 0.4) is 0 Å². The lowest BCUT2D eigenvalue weighted by Crippen LogP contribution is -2.48. The fourth-order valence-corrected chi connectivity index (χ4v) is 2.91. The largest absolute Gasteiger partial charge is 0.365 e. The Labute approximate surface area is 129 Å². The third-order valence-corrected chi connectivity index (χ3v) is 4.11. The van der Waals surface area contributed by atoms with E-state index in [9.17, 15) is 0 Å². The molecule has 6 heteroatoms. The fourth-order valence-electron chi connectivity index (χ4n) is 2.64. The van der Waals surface area contributed by atoms with E-state index in [4.69, 9.17) is 5.73 Å². The van der Waals surface area contributed by atoms with Crippen molar-refractivity contribution in [1.29, 1.82) is 0 Å². The number of guanidine groups is 1. The van der Waals surface area contributed by atoms with Crippen LogP contribution in [0.4, 0.5) is 5.95 Å². The number of aliphatic imine (C=N–C) groups is 1. The summed E-state index contributed by atoms with van der Waals surface area (Å²) in [5, 5.41) is 3.09. The van der Waals surface area contributed by atoms with Gasteiger partial charge in [0.25, 0.3) is 5.96 Å². The summed E-state index contributed by atoms with van der Waals surface area (Å²) >= 11 is 3.46. The molecular formula is C15H13BrN5+. The van der Waals surface area contributed by atoms with E-state index in [1.165, 1.54) is 0 Å². The van der Waals surface area contributed by atoms with Crippen molar-refractivity contribution in [2.45, 2.75) is 6.17 Å². The van der Waals surface area contributed by atoms with Crippen LogP contribution in [-0.2, 0) is 0 Å². The van der Waals surface area contributed by atoms with Gasteiger partial charge in [-0.2, -0.15) is 4.99 Å². The monoisotopic (exact) mass is 342 g/mol. The van der Waals surface area contributed by atoms with Crippen molar-refractivity contribution in [2.24, 2.45) is 10.7 Å². The minimum absolute atomic E-state index is 0.175. The Morgan fingerprint density at radius 2 is 1.86 bits per heavy atom. The highest BCUT2D eigenvalue weighted by Gasteiger charge is 2.30. The second-order valence-corrected chi connectivity index (χ2v) is 5.84. The molecule has 0 radical (unpaired) electrons. The van der Waals surface area contributed by atoms with Crippen LogP contribution in [0.2, 0.25) is 0 Å². The number of benzene rings is 2. The predicted molar refractivity (Wildman–Crippen MR) is 86.0 cm³/mol. The maximum atomic E-state index is 5.93. The van der Waals surface area contributed by atoms with E-state index >= 15 is 0 Å². The maximum absolute atomic E-state index is 5.93. The zero-order valence-corrected chi connectivity index (χ0v) is 12.6. The molecule has 1 aromatic heterocycles. The van der Waals surface area contributed by atoms with E-state index in [2.05, 4.69) is 54.0 Å². The molecule has 3 aromatic rings. The van der Waals surface area contributed by atoms with Crippen molar-refractivity contribution >= 4 is 38.9 Å². The summed E-state index contributed by atoms with van der Waals surface area (Å²) in [5.41, 5.74) is 9.14. The molecule has 0 aliphatic carbocycles. The van der Waals surface area contributed by atoms with Crippen molar-refractivity contribution < 1.29 is 4.57 Å². The first-order valence-electron chi connectivity index (χ1n) is 6.60. The van der Waals surface area contributed by atoms with Gasteiger partial charge in [0.2, 0.25) is 6.17 Å². The molecule has 0 unspecified atom stereocenters. The van der Waals surface area contributed by atoms with Gasteiger partial charge in [-0.25, -0.2) is 14.9 Å². The van der Waals surface area contributed by atoms with Gasteiger partial charge in [-0.15, -0.1) is 0 Å². The van der Waals surface area contributed by atoms with Gasteiger partial charge in [0, 0.05) is 10.0 Å². The van der Waals surface area contributed by atoms with E-state index in [-0.39, 0.29) is 6.17 Å². The zero-order valence-electron chi connectivity index (χ0n) is 11.0. The quantitative estimate of drug-likeness (QED) is 0.594. The average Bonchev–Trinajstić information content (AvgIpc) is 2.85. The van der Waals surface area contributed by atoms with Gasteiger partial charge in [0.15, 0.2) is 0 Å². The van der Waals surface area contributed by atoms with Gasteiger partial charge >= 0.3 is 5.95 Å². The minimum Gasteiger partial charge on any atom is -0.357 e. The number of nitrogens with one attached hydrogen (secondary N) is 2. The number of nitrogens with zero attached hydrogens (tertiary/aromatic N) is 2. The molecular weight excluding hydrogens is 330 g/mol. The molecule has 2 aromatic carbocycles. The summed E-state index contributed by atoms with van der Waals surface area (Å²) in [4.78, 5) is 7.90. The van der Waals surface area contributed by atoms with Crippen molar-refractivity contribution in [3.8, 4) is 0 Å². The Bertz CT molecular complexity index is 850. The smallest absolute Gasteiger partial charge is 0.357 e. The number of imidazole rings is 1. The normalized spacial score (nSPS) is 17.2. The summed E-state index contributed by atoms with van der Waals surface area (Å²) in [5.74, 6) is 1.26. The highest BCUT2D eigenvalue weighted by Crippen LogP contribution is 2.24. The Balaban J connectivity index is 1.95. The van der Waals surface area contributed by atoms with Crippen LogP contribution in [0, 0.1) is 0 Å². The number of aromatic amines is 1. The number of halogens is 1. The molecule has 5 nitrogen and oxygen atoms in total. The molecule has 0 bridgehead atoms. The topological polar surface area (TPSA) is 70.1 Å². The number of H-pyrrole nitrogens is 1. The van der Waals surface area contributed by atoms with Crippen molar-refractivity contribution in [1.82, 2.24) is 4.98 Å². The third-order valence-electron chi connectivity index (χ3n) is 3.58. The van der Waals surface area contributed by atoms with Gasteiger partial charge in [0.1, 0.15) is 11.0 Å². The third kappa shape index (κ3) is 1.99. The van der Waals surface area contributed by atoms with Crippen LogP contribution < -0.4 is 15.6 Å². The lowest BCUT2D eigenvalue weighted by molar-refractivity contribution is -0.674. The number of hydrogen-bond acceptors (Lipinski definition) is 3. The molecule has 4 N–H and O–H groups in total. The van der Waals surface area contributed by atoms with Crippen LogP contribution in [-0.4, -0.2) is 10.9 Å². The number of anilines is 1. The summed E-state index contributed by atoms with van der Waals surface area (Å²) in [6.45, 7) is 0. The number of nitrogens with two attached hydrogens (primary N) is 1. The van der Waals surface area contributed by atoms with Gasteiger partial charge in [-0.05, 0) is 24.3 Å². The van der Waals surface area contributed by atoms with Gasteiger partial charge in [-0.1, -0.05) is 40.2 Å². The lowest BCUT2D eigenvalue weighted by Gasteiger charge is -2.18. The molecule has 0 saturated carbocycles. The van der Waals surface area contributed by atoms with Crippen molar-refractivity contribution in [3.05, 3.63) is 58.6 Å². The Morgan fingerprint density at radius 1 is 1.10 bits per heavy atom. The zero-order chi connectivity index (χ0) is 14.4. The Kier molecular flexibility index (Phi) is 2.71. The van der Waals surface area contributed by atoms with Crippen LogP contribution >= 0.6 is 15.9 Å². The number of fused-ring (bicyclic) bond motifs is 3. The first-order chi connectivity index (χ1) is 10.2. The van der Waals surface area contributed by atoms with Crippen LogP contribution in [0.1, 0.15) is 11.7 Å². The van der Waals surface area contributed by atoms with Crippen LogP contribution in [0.5, 0.6) is 0 Å². The van der Waals surface area contributed by atoms with Crippen molar-refractivity contribution in [3.63, 3.8) is 0 Å². The highest BCUT2D eigenvalue weighted by molar-refractivity contribution is 9.10. The van der Waals surface area contributed by atoms with E-state index in [1.54, 1.807) is 0 Å². The standard InChI is InChI=1S/C15H12BrN5/c16-10-7-5-9(6-8-10)13-19-14(17)20-15-18-11-3-1-2-4-12(11)21(13)15/h1-8,13H,(H3,17,18,19,20)/p+1/t13-/m0/s1. The van der Waals surface area contributed by atoms with E-state index < -0.39 is 0 Å². The first kappa shape index (κ1) is 12.4. The molecule has 1 atom stereocenters. The van der Waals surface area contributed by atoms with E-state index in [0.29, 0.717) is 5.96 Å². The van der Waals surface area contributed by atoms with Crippen LogP contribution in [0.25, 0.3) is 11.0 Å². The molecule has 0 spiro atoms. The SMILES string of the molecule is NC1=N[C@H](c2ccc(Br)cc2)[n+]2c([nH]c3ccccc32)N1. The summed E-state index contributed by atoms with van der Waals surface area (Å²) in [6.07, 6.45) is -0.175. The number of hydrogen-bond donors (Lipinski definition) is 3. The molecule has 0 amide bonds. The second-order valence-electron chi connectivity index (χ2n) is 4.93. The van der Waals surface area contributed by atoms with Crippen molar-refractivity contribution in [2.75, 3.05) is 5.32 Å². The minimum atomic E-state index is -0.175. The number of aromatic nitrogens is 2. The number of para-hydroxylation sites is 2. The molecule has 0 fully saturated rings. The molecule has 104 valence electrons. The Hall–Kier alpha value is -2.34. The predicted octanol–water partition coefficient (Wildman–Crippen LogP) is 2.50.